The molecule has 1 atom stereocenters. The van der Waals surface area contributed by atoms with E-state index in [1.54, 1.807) is 24.3 Å². The first-order chi connectivity index (χ1) is 12.0. The van der Waals surface area contributed by atoms with Gasteiger partial charge < -0.3 is 15.5 Å². The summed E-state index contributed by atoms with van der Waals surface area (Å²) in [7, 11) is 4.25. The van der Waals surface area contributed by atoms with E-state index in [4.69, 9.17) is 0 Å². The number of nitrogens with one attached hydrogen (secondary N) is 2. The van der Waals surface area contributed by atoms with Crippen LogP contribution in [0.4, 0.5) is 5.69 Å². The number of anilines is 1. The van der Waals surface area contributed by atoms with Crippen molar-refractivity contribution >= 4 is 17.4 Å². The second kappa shape index (κ2) is 9.11. The van der Waals surface area contributed by atoms with Crippen LogP contribution in [-0.2, 0) is 4.79 Å². The summed E-state index contributed by atoms with van der Waals surface area (Å²) in [4.78, 5) is 24.7. The molecule has 2 aromatic carbocycles. The predicted molar refractivity (Wildman–Crippen MR) is 98.7 cm³/mol. The molecule has 0 radical (unpaired) electrons. The van der Waals surface area contributed by atoms with Gasteiger partial charge in [-0.1, -0.05) is 30.3 Å². The summed E-state index contributed by atoms with van der Waals surface area (Å²) >= 11 is 0. The molecule has 0 heterocycles. The number of benzene rings is 2. The summed E-state index contributed by atoms with van der Waals surface area (Å²) in [6, 6.07) is 17.7. The molecule has 0 saturated carbocycles. The van der Waals surface area contributed by atoms with E-state index < -0.39 is 0 Å². The van der Waals surface area contributed by atoms with Gasteiger partial charge in [0.1, 0.15) is 6.54 Å². The molecule has 25 heavy (non-hydrogen) atoms. The molecule has 2 aromatic rings. The van der Waals surface area contributed by atoms with Gasteiger partial charge in [0.15, 0.2) is 18.4 Å². The van der Waals surface area contributed by atoms with E-state index in [-0.39, 0.29) is 11.7 Å². The van der Waals surface area contributed by atoms with Crippen LogP contribution in [0.5, 0.6) is 0 Å². The number of hydrogen-bond donors (Lipinski definition) is 3. The number of hydrogen-bond acceptors (Lipinski definition) is 2. The lowest BCUT2D eigenvalue weighted by molar-refractivity contribution is -0.908. The summed E-state index contributed by atoms with van der Waals surface area (Å²) < 4.78 is 0. The minimum absolute atomic E-state index is 0.0179. The molecule has 1 amide bonds. The number of carbonyl (C=O) groups is 2. The van der Waals surface area contributed by atoms with E-state index >= 15 is 0 Å². The summed E-state index contributed by atoms with van der Waals surface area (Å²) in [6.45, 7) is 2.73. The first-order valence-corrected chi connectivity index (χ1v) is 8.55. The highest BCUT2D eigenvalue weighted by Gasteiger charge is 2.19. The monoisotopic (exact) mass is 341 g/mol. The molecule has 5 heteroatoms. The molecule has 0 aliphatic rings. The molecule has 2 rings (SSSR count). The maximum absolute atomic E-state index is 12.1. The van der Waals surface area contributed by atoms with Crippen molar-refractivity contribution in [1.29, 1.82) is 0 Å². The van der Waals surface area contributed by atoms with Crippen LogP contribution >= 0.6 is 0 Å². The lowest BCUT2D eigenvalue weighted by atomic mass is 10.1. The van der Waals surface area contributed by atoms with Crippen molar-refractivity contribution < 1.29 is 19.8 Å². The third-order valence-corrected chi connectivity index (χ3v) is 4.21. The third-order valence-electron chi connectivity index (χ3n) is 4.21. The molecular weight excluding hydrogens is 314 g/mol. The van der Waals surface area contributed by atoms with Crippen molar-refractivity contribution in [3.63, 3.8) is 0 Å². The zero-order valence-corrected chi connectivity index (χ0v) is 15.1. The predicted octanol–water partition coefficient (Wildman–Crippen LogP) is 0.277. The number of nitrogens with two attached hydrogens (primary N) is 1. The molecule has 4 N–H and O–H groups in total. The lowest BCUT2D eigenvalue weighted by Gasteiger charge is -2.20. The minimum atomic E-state index is -0.0452. The second-order valence-electron chi connectivity index (χ2n) is 6.45. The fourth-order valence-electron chi connectivity index (χ4n) is 2.77. The Morgan fingerprint density at radius 1 is 1.04 bits per heavy atom. The fraction of sp³-hybridized carbons (Fsp3) is 0.300. The Bertz CT molecular complexity index is 697. The Kier molecular flexibility index (Phi) is 6.86. The number of carbonyl (C=O) groups excluding carboxylic acids is 2. The third kappa shape index (κ3) is 5.81. The number of quaternary nitrogens is 2. The summed E-state index contributed by atoms with van der Waals surface area (Å²) in [5, 5.41) is 4.89. The summed E-state index contributed by atoms with van der Waals surface area (Å²) in [5.74, 6) is -0.0273. The molecule has 0 bridgehead atoms. The normalized spacial score (nSPS) is 12.0. The van der Waals surface area contributed by atoms with Gasteiger partial charge in [0.05, 0.1) is 14.1 Å². The molecule has 0 spiro atoms. The topological polar surface area (TPSA) is 67.2 Å². The maximum Gasteiger partial charge on any atom is 0.279 e. The van der Waals surface area contributed by atoms with Gasteiger partial charge in [0.25, 0.3) is 5.91 Å². The van der Waals surface area contributed by atoms with Crippen molar-refractivity contribution in [2.75, 3.05) is 32.5 Å². The standard InChI is InChI=1S/C20H25N3O2/c1-15(24)16-9-11-18(12-10-16)22-20(25)14-21-13-19(23(2)3)17-7-5-4-6-8-17/h4-12,19,21H,13-14H2,1-3H3,(H,22,25)/p+2/t19-/m0/s1. The molecule has 132 valence electrons. The van der Waals surface area contributed by atoms with Crippen molar-refractivity contribution in [3.8, 4) is 0 Å². The van der Waals surface area contributed by atoms with Crippen molar-refractivity contribution in [1.82, 2.24) is 0 Å². The van der Waals surface area contributed by atoms with E-state index in [0.717, 1.165) is 6.54 Å². The van der Waals surface area contributed by atoms with Crippen LogP contribution in [0, 0.1) is 0 Å². The summed E-state index contributed by atoms with van der Waals surface area (Å²) in [5.41, 5.74) is 2.63. The molecule has 0 aliphatic carbocycles. The number of amides is 1. The van der Waals surface area contributed by atoms with Gasteiger partial charge in [-0.15, -0.1) is 0 Å². The molecule has 0 saturated heterocycles. The molecule has 5 nitrogen and oxygen atoms in total. The Morgan fingerprint density at radius 3 is 2.24 bits per heavy atom. The molecule has 0 aromatic heterocycles. The lowest BCUT2D eigenvalue weighted by Crippen LogP contribution is -3.09. The van der Waals surface area contributed by atoms with E-state index in [0.29, 0.717) is 23.8 Å². The van der Waals surface area contributed by atoms with E-state index in [1.165, 1.54) is 17.4 Å². The zero-order valence-electron chi connectivity index (χ0n) is 15.1. The largest absolute Gasteiger partial charge is 0.333 e. The van der Waals surface area contributed by atoms with Crippen LogP contribution in [0.1, 0.15) is 28.9 Å². The van der Waals surface area contributed by atoms with Crippen molar-refractivity contribution in [2.24, 2.45) is 0 Å². The van der Waals surface area contributed by atoms with Crippen LogP contribution in [-0.4, -0.2) is 38.9 Å². The summed E-state index contributed by atoms with van der Waals surface area (Å²) in [6.07, 6.45) is 0. The molecule has 0 unspecified atom stereocenters. The average Bonchev–Trinajstić information content (AvgIpc) is 2.59. The Balaban J connectivity index is 1.83. The highest BCUT2D eigenvalue weighted by atomic mass is 16.2. The Morgan fingerprint density at radius 2 is 1.68 bits per heavy atom. The van der Waals surface area contributed by atoms with Crippen LogP contribution < -0.4 is 15.5 Å². The number of likely N-dealkylation sites (N-methyl/N-ethyl adjacent to an activating group) is 1. The van der Waals surface area contributed by atoms with Crippen molar-refractivity contribution in [2.45, 2.75) is 13.0 Å². The smallest absolute Gasteiger partial charge is 0.279 e. The van der Waals surface area contributed by atoms with Gasteiger partial charge in [-0.3, -0.25) is 9.59 Å². The molecule has 0 aliphatic heterocycles. The van der Waals surface area contributed by atoms with Gasteiger partial charge in [-0.05, 0) is 31.2 Å². The highest BCUT2D eigenvalue weighted by Crippen LogP contribution is 2.09. The first-order valence-electron chi connectivity index (χ1n) is 8.55. The minimum Gasteiger partial charge on any atom is -0.333 e. The maximum atomic E-state index is 12.1. The Hall–Kier alpha value is -2.50. The van der Waals surface area contributed by atoms with Gasteiger partial charge in [-0.2, -0.15) is 0 Å². The average molecular weight is 341 g/mol. The quantitative estimate of drug-likeness (QED) is 0.604. The fourth-order valence-corrected chi connectivity index (χ4v) is 2.77. The van der Waals surface area contributed by atoms with Crippen LogP contribution in [0.15, 0.2) is 54.6 Å². The van der Waals surface area contributed by atoms with E-state index in [2.05, 4.69) is 31.5 Å². The van der Waals surface area contributed by atoms with Crippen LogP contribution in [0.25, 0.3) is 0 Å². The van der Waals surface area contributed by atoms with Gasteiger partial charge >= 0.3 is 0 Å². The zero-order chi connectivity index (χ0) is 18.2. The van der Waals surface area contributed by atoms with E-state index in [1.807, 2.05) is 23.5 Å². The van der Waals surface area contributed by atoms with Gasteiger partial charge in [0, 0.05) is 16.8 Å². The van der Waals surface area contributed by atoms with Gasteiger partial charge in [0.2, 0.25) is 0 Å². The number of Topliss-reactive ketones (excluding diaryl/α,β-unsaturated/α-hetero) is 1. The van der Waals surface area contributed by atoms with Gasteiger partial charge in [-0.25, -0.2) is 0 Å². The SMILES string of the molecule is CC(=O)c1ccc(NC(=O)C[NH2+]C[C@@H](c2ccccc2)[NH+](C)C)cc1. The number of rotatable bonds is 8. The van der Waals surface area contributed by atoms with Crippen molar-refractivity contribution in [3.05, 3.63) is 65.7 Å². The highest BCUT2D eigenvalue weighted by molar-refractivity contribution is 5.95. The first kappa shape index (κ1) is 18.8. The molecular formula is C20H27N3O2+2. The molecule has 0 fully saturated rings. The Labute approximate surface area is 149 Å². The second-order valence-corrected chi connectivity index (χ2v) is 6.45. The number of ketones is 1. The van der Waals surface area contributed by atoms with Crippen LogP contribution in [0.3, 0.4) is 0 Å². The van der Waals surface area contributed by atoms with Crippen LogP contribution in [0.2, 0.25) is 0 Å². The van der Waals surface area contributed by atoms with E-state index in [9.17, 15) is 9.59 Å².